The minimum atomic E-state index is -0.0686. The highest BCUT2D eigenvalue weighted by atomic mass is 35.5. The van der Waals surface area contributed by atoms with Crippen molar-refractivity contribution in [1.29, 1.82) is 0 Å². The molecule has 0 aliphatic rings. The van der Waals surface area contributed by atoms with Gasteiger partial charge >= 0.3 is 0 Å². The molecule has 3 aromatic rings. The van der Waals surface area contributed by atoms with Crippen molar-refractivity contribution in [2.75, 3.05) is 5.73 Å². The molecule has 0 aliphatic carbocycles. The molecular formula is C14H12ClN3O. The van der Waals surface area contributed by atoms with Crippen molar-refractivity contribution in [2.45, 2.75) is 6.61 Å². The number of hydrogen-bond donors (Lipinski definition) is 2. The summed E-state index contributed by atoms with van der Waals surface area (Å²) in [5.41, 5.74) is 9.13. The van der Waals surface area contributed by atoms with Gasteiger partial charge in [0.25, 0.3) is 0 Å². The number of aromatic nitrogens is 2. The number of aliphatic hydroxyl groups is 1. The molecule has 1 aromatic carbocycles. The fourth-order valence-corrected chi connectivity index (χ4v) is 2.21. The standard InChI is InChI=1S/C14H12ClN3O/c15-11-5-3-9(4-6-11)12-13(16)18-7-1-2-10(8-19)14(18)17-12/h1-7,19H,8,16H2. The number of anilines is 1. The van der Waals surface area contributed by atoms with Crippen LogP contribution in [0.1, 0.15) is 5.56 Å². The van der Waals surface area contributed by atoms with Crippen LogP contribution in [-0.4, -0.2) is 14.5 Å². The first-order chi connectivity index (χ1) is 9.20. The summed E-state index contributed by atoms with van der Waals surface area (Å²) in [6, 6.07) is 11.0. The van der Waals surface area contributed by atoms with E-state index in [4.69, 9.17) is 17.3 Å². The molecule has 0 unspecified atom stereocenters. The van der Waals surface area contributed by atoms with Gasteiger partial charge in [-0.05, 0) is 18.2 Å². The highest BCUT2D eigenvalue weighted by molar-refractivity contribution is 6.30. The number of halogens is 1. The van der Waals surface area contributed by atoms with Crippen LogP contribution in [0.3, 0.4) is 0 Å². The molecule has 0 fully saturated rings. The van der Waals surface area contributed by atoms with Gasteiger partial charge in [0.05, 0.1) is 6.61 Å². The zero-order chi connectivity index (χ0) is 13.4. The summed E-state index contributed by atoms with van der Waals surface area (Å²) < 4.78 is 1.77. The molecule has 0 atom stereocenters. The average molecular weight is 274 g/mol. The van der Waals surface area contributed by atoms with Gasteiger partial charge in [0.15, 0.2) is 0 Å². The van der Waals surface area contributed by atoms with E-state index in [0.29, 0.717) is 22.2 Å². The zero-order valence-electron chi connectivity index (χ0n) is 10.0. The van der Waals surface area contributed by atoms with E-state index in [-0.39, 0.29) is 6.61 Å². The molecular weight excluding hydrogens is 262 g/mol. The maximum atomic E-state index is 9.33. The van der Waals surface area contributed by atoms with Crippen LogP contribution in [0.15, 0.2) is 42.6 Å². The Morgan fingerprint density at radius 2 is 1.95 bits per heavy atom. The molecule has 0 radical (unpaired) electrons. The molecule has 0 saturated heterocycles. The maximum absolute atomic E-state index is 9.33. The first-order valence-corrected chi connectivity index (χ1v) is 6.20. The summed E-state index contributed by atoms with van der Waals surface area (Å²) in [6.45, 7) is -0.0686. The van der Waals surface area contributed by atoms with Crippen LogP contribution in [0.4, 0.5) is 5.82 Å². The predicted molar refractivity (Wildman–Crippen MR) is 76.0 cm³/mol. The summed E-state index contributed by atoms with van der Waals surface area (Å²) in [5, 5.41) is 10.00. The minimum absolute atomic E-state index is 0.0686. The highest BCUT2D eigenvalue weighted by Crippen LogP contribution is 2.28. The molecule has 19 heavy (non-hydrogen) atoms. The second kappa shape index (κ2) is 4.57. The third kappa shape index (κ3) is 1.95. The normalized spacial score (nSPS) is 11.1. The number of aliphatic hydroxyl groups excluding tert-OH is 1. The van der Waals surface area contributed by atoms with E-state index in [0.717, 1.165) is 11.1 Å². The second-order valence-electron chi connectivity index (χ2n) is 4.24. The topological polar surface area (TPSA) is 63.5 Å². The summed E-state index contributed by atoms with van der Waals surface area (Å²) in [4.78, 5) is 4.52. The van der Waals surface area contributed by atoms with Gasteiger partial charge in [0.1, 0.15) is 17.2 Å². The van der Waals surface area contributed by atoms with Crippen molar-refractivity contribution >= 4 is 23.1 Å². The van der Waals surface area contributed by atoms with E-state index in [1.165, 1.54) is 0 Å². The van der Waals surface area contributed by atoms with Crippen LogP contribution in [-0.2, 0) is 6.61 Å². The molecule has 96 valence electrons. The molecule has 4 nitrogen and oxygen atoms in total. The summed E-state index contributed by atoms with van der Waals surface area (Å²) in [6.07, 6.45) is 1.83. The average Bonchev–Trinajstić information content (AvgIpc) is 2.77. The van der Waals surface area contributed by atoms with Crippen molar-refractivity contribution in [2.24, 2.45) is 0 Å². The third-order valence-corrected chi connectivity index (χ3v) is 3.31. The Hall–Kier alpha value is -2.04. The molecule has 0 spiro atoms. The molecule has 0 amide bonds. The zero-order valence-corrected chi connectivity index (χ0v) is 10.8. The lowest BCUT2D eigenvalue weighted by molar-refractivity contribution is 0.282. The fraction of sp³-hybridized carbons (Fsp3) is 0.0714. The van der Waals surface area contributed by atoms with Gasteiger partial charge in [-0.2, -0.15) is 0 Å². The van der Waals surface area contributed by atoms with Crippen molar-refractivity contribution in [1.82, 2.24) is 9.38 Å². The molecule has 2 heterocycles. The first kappa shape index (κ1) is 12.0. The Bertz CT molecular complexity index is 734. The molecule has 3 N–H and O–H groups in total. The minimum Gasteiger partial charge on any atom is -0.392 e. The van der Waals surface area contributed by atoms with Crippen LogP contribution in [0.2, 0.25) is 5.02 Å². The van der Waals surface area contributed by atoms with Gasteiger partial charge in [0.2, 0.25) is 0 Å². The number of fused-ring (bicyclic) bond motifs is 1. The Kier molecular flexibility index (Phi) is 2.89. The Labute approximate surface area is 115 Å². The monoisotopic (exact) mass is 273 g/mol. The van der Waals surface area contributed by atoms with E-state index in [9.17, 15) is 5.11 Å². The van der Waals surface area contributed by atoms with E-state index in [2.05, 4.69) is 4.98 Å². The van der Waals surface area contributed by atoms with Crippen molar-refractivity contribution in [3.05, 3.63) is 53.2 Å². The third-order valence-electron chi connectivity index (χ3n) is 3.06. The molecule has 0 aliphatic heterocycles. The smallest absolute Gasteiger partial charge is 0.144 e. The number of imidazole rings is 1. The van der Waals surface area contributed by atoms with Crippen LogP contribution < -0.4 is 5.73 Å². The summed E-state index contributed by atoms with van der Waals surface area (Å²) in [7, 11) is 0. The number of hydrogen-bond acceptors (Lipinski definition) is 3. The van der Waals surface area contributed by atoms with E-state index >= 15 is 0 Å². The van der Waals surface area contributed by atoms with Gasteiger partial charge in [-0.15, -0.1) is 0 Å². The van der Waals surface area contributed by atoms with Crippen LogP contribution >= 0.6 is 11.6 Å². The number of nitrogens with zero attached hydrogens (tertiary/aromatic N) is 2. The van der Waals surface area contributed by atoms with Crippen molar-refractivity contribution in [3.63, 3.8) is 0 Å². The molecule has 0 bridgehead atoms. The van der Waals surface area contributed by atoms with Crippen molar-refractivity contribution in [3.8, 4) is 11.3 Å². The maximum Gasteiger partial charge on any atom is 0.144 e. The SMILES string of the molecule is Nc1c(-c2ccc(Cl)cc2)nc2c(CO)cccn12. The first-order valence-electron chi connectivity index (χ1n) is 5.83. The van der Waals surface area contributed by atoms with Crippen LogP contribution in [0.25, 0.3) is 16.9 Å². The predicted octanol–water partition coefficient (Wildman–Crippen LogP) is 2.73. The quantitative estimate of drug-likeness (QED) is 0.755. The Balaban J connectivity index is 2.25. The van der Waals surface area contributed by atoms with Gasteiger partial charge in [-0.25, -0.2) is 4.98 Å². The molecule has 3 rings (SSSR count). The summed E-state index contributed by atoms with van der Waals surface area (Å²) >= 11 is 5.88. The Morgan fingerprint density at radius 3 is 2.63 bits per heavy atom. The lowest BCUT2D eigenvalue weighted by Gasteiger charge is -2.00. The van der Waals surface area contributed by atoms with Crippen molar-refractivity contribution < 1.29 is 5.11 Å². The fourth-order valence-electron chi connectivity index (χ4n) is 2.09. The number of rotatable bonds is 2. The number of pyridine rings is 1. The van der Waals surface area contributed by atoms with Gasteiger partial charge in [-0.3, -0.25) is 4.40 Å². The van der Waals surface area contributed by atoms with E-state index in [1.807, 2.05) is 30.5 Å². The molecule has 2 aromatic heterocycles. The van der Waals surface area contributed by atoms with Gasteiger partial charge < -0.3 is 10.8 Å². The summed E-state index contributed by atoms with van der Waals surface area (Å²) in [5.74, 6) is 0.549. The Morgan fingerprint density at radius 1 is 1.21 bits per heavy atom. The number of nitrogens with two attached hydrogens (primary N) is 1. The van der Waals surface area contributed by atoms with Gasteiger partial charge in [-0.1, -0.05) is 29.8 Å². The lowest BCUT2D eigenvalue weighted by atomic mass is 10.1. The molecule has 5 heteroatoms. The van der Waals surface area contributed by atoms with E-state index in [1.54, 1.807) is 16.5 Å². The molecule has 0 saturated carbocycles. The number of nitrogen functional groups attached to an aromatic ring is 1. The van der Waals surface area contributed by atoms with Crippen LogP contribution in [0.5, 0.6) is 0 Å². The largest absolute Gasteiger partial charge is 0.392 e. The van der Waals surface area contributed by atoms with Gasteiger partial charge in [0, 0.05) is 22.3 Å². The van der Waals surface area contributed by atoms with Crippen LogP contribution in [0, 0.1) is 0 Å². The number of benzene rings is 1. The van der Waals surface area contributed by atoms with E-state index < -0.39 is 0 Å². The lowest BCUT2D eigenvalue weighted by Crippen LogP contribution is -1.95. The second-order valence-corrected chi connectivity index (χ2v) is 4.67. The highest BCUT2D eigenvalue weighted by Gasteiger charge is 2.13.